The predicted octanol–water partition coefficient (Wildman–Crippen LogP) is 0.721. The summed E-state index contributed by atoms with van der Waals surface area (Å²) in [7, 11) is -1.62. The number of amides is 3. The summed E-state index contributed by atoms with van der Waals surface area (Å²) in [5, 5.41) is 2.86. The molecule has 1 aromatic rings. The molecule has 1 N–H and O–H groups in total. The van der Waals surface area contributed by atoms with Gasteiger partial charge in [0.1, 0.15) is 0 Å². The number of rotatable bonds is 8. The number of hydrogen-bond acceptors (Lipinski definition) is 6. The Labute approximate surface area is 176 Å². The molecule has 2 aliphatic rings. The highest BCUT2D eigenvalue weighted by Crippen LogP contribution is 2.24. The molecule has 0 saturated carbocycles. The van der Waals surface area contributed by atoms with E-state index in [4.69, 9.17) is 4.74 Å². The Balaban J connectivity index is 1.58. The number of benzene rings is 1. The highest BCUT2D eigenvalue weighted by molar-refractivity contribution is 7.88. The fourth-order valence-electron chi connectivity index (χ4n) is 3.79. The number of sulfonamides is 1. The maximum atomic E-state index is 12.6. The average Bonchev–Trinajstić information content (AvgIpc) is 2.96. The zero-order valence-corrected chi connectivity index (χ0v) is 18.0. The van der Waals surface area contributed by atoms with Gasteiger partial charge in [-0.25, -0.2) is 12.7 Å². The quantitative estimate of drug-likeness (QED) is 0.474. The molecule has 0 bridgehead atoms. The largest absolute Gasteiger partial charge is 0.385 e. The van der Waals surface area contributed by atoms with Crippen molar-refractivity contribution in [2.45, 2.75) is 19.3 Å². The first-order valence-electron chi connectivity index (χ1n) is 9.95. The van der Waals surface area contributed by atoms with Crippen molar-refractivity contribution in [1.29, 1.82) is 0 Å². The van der Waals surface area contributed by atoms with Crippen LogP contribution in [0.5, 0.6) is 0 Å². The van der Waals surface area contributed by atoms with Crippen LogP contribution in [0, 0.1) is 5.92 Å². The third-order valence-corrected chi connectivity index (χ3v) is 6.86. The van der Waals surface area contributed by atoms with Gasteiger partial charge in [-0.15, -0.1) is 0 Å². The first kappa shape index (κ1) is 22.4. The maximum Gasteiger partial charge on any atom is 0.261 e. The fourth-order valence-corrected chi connectivity index (χ4v) is 4.66. The number of nitrogens with zero attached hydrogens (tertiary/aromatic N) is 2. The molecule has 0 unspecified atom stereocenters. The predicted molar refractivity (Wildman–Crippen MR) is 110 cm³/mol. The molecule has 2 aliphatic heterocycles. The second kappa shape index (κ2) is 9.23. The number of fused-ring (bicyclic) bond motifs is 1. The summed E-state index contributed by atoms with van der Waals surface area (Å²) in [5.41, 5.74) is 0.871. The van der Waals surface area contributed by atoms with Crippen molar-refractivity contribution >= 4 is 27.7 Å². The van der Waals surface area contributed by atoms with E-state index in [0.717, 1.165) is 0 Å². The van der Waals surface area contributed by atoms with Crippen molar-refractivity contribution in [3.63, 3.8) is 0 Å². The molecular weight excluding hydrogens is 410 g/mol. The third kappa shape index (κ3) is 4.88. The molecule has 164 valence electrons. The highest BCUT2D eigenvalue weighted by Gasteiger charge is 2.35. The van der Waals surface area contributed by atoms with Crippen LogP contribution in [0.25, 0.3) is 0 Å². The van der Waals surface area contributed by atoms with E-state index in [1.54, 1.807) is 13.2 Å². The van der Waals surface area contributed by atoms with Gasteiger partial charge in [-0.2, -0.15) is 0 Å². The number of methoxy groups -OCH3 is 1. The molecule has 10 heteroatoms. The van der Waals surface area contributed by atoms with Gasteiger partial charge in [-0.1, -0.05) is 0 Å². The lowest BCUT2D eigenvalue weighted by Crippen LogP contribution is -2.41. The van der Waals surface area contributed by atoms with Crippen molar-refractivity contribution in [3.8, 4) is 0 Å². The lowest BCUT2D eigenvalue weighted by Gasteiger charge is -2.30. The Morgan fingerprint density at radius 3 is 2.47 bits per heavy atom. The Kier molecular flexibility index (Phi) is 6.89. The monoisotopic (exact) mass is 437 g/mol. The van der Waals surface area contributed by atoms with Crippen LogP contribution in [0.15, 0.2) is 18.2 Å². The van der Waals surface area contributed by atoms with E-state index >= 15 is 0 Å². The minimum absolute atomic E-state index is 0.195. The summed E-state index contributed by atoms with van der Waals surface area (Å²) in [6.45, 7) is 2.06. The molecule has 0 atom stereocenters. The van der Waals surface area contributed by atoms with Crippen molar-refractivity contribution in [2.75, 3.05) is 46.2 Å². The molecule has 1 saturated heterocycles. The second-order valence-electron chi connectivity index (χ2n) is 7.68. The Bertz CT molecular complexity index is 938. The zero-order chi connectivity index (χ0) is 21.9. The van der Waals surface area contributed by atoms with Crippen LogP contribution in [0.1, 0.15) is 50.3 Å². The SMILES string of the molecule is COCCCN1C(=O)c2ccc(C(=O)NCC3CCN(S(C)(=O)=O)CC3)cc2C1=O. The van der Waals surface area contributed by atoms with E-state index < -0.39 is 15.9 Å². The van der Waals surface area contributed by atoms with Gasteiger partial charge in [0.15, 0.2) is 0 Å². The number of ether oxygens (including phenoxy) is 1. The van der Waals surface area contributed by atoms with Gasteiger partial charge in [0.25, 0.3) is 17.7 Å². The van der Waals surface area contributed by atoms with Crippen LogP contribution in [-0.4, -0.2) is 81.5 Å². The molecule has 3 rings (SSSR count). The van der Waals surface area contributed by atoms with Crippen molar-refractivity contribution in [2.24, 2.45) is 5.92 Å². The van der Waals surface area contributed by atoms with Crippen LogP contribution in [0.4, 0.5) is 0 Å². The van der Waals surface area contributed by atoms with Crippen molar-refractivity contribution < 1.29 is 27.5 Å². The third-order valence-electron chi connectivity index (χ3n) is 5.56. The molecular formula is C20H27N3O6S. The number of piperidine rings is 1. The van der Waals surface area contributed by atoms with Gasteiger partial charge in [0, 0.05) is 45.5 Å². The fraction of sp³-hybridized carbons (Fsp3) is 0.550. The molecule has 1 fully saturated rings. The summed E-state index contributed by atoms with van der Waals surface area (Å²) < 4.78 is 29.6. The first-order valence-corrected chi connectivity index (χ1v) is 11.8. The average molecular weight is 438 g/mol. The van der Waals surface area contributed by atoms with Crippen LogP contribution in [0.3, 0.4) is 0 Å². The van der Waals surface area contributed by atoms with E-state index in [1.807, 2.05) is 0 Å². The molecule has 30 heavy (non-hydrogen) atoms. The molecule has 1 aromatic carbocycles. The summed E-state index contributed by atoms with van der Waals surface area (Å²) in [6, 6.07) is 4.53. The molecule has 9 nitrogen and oxygen atoms in total. The van der Waals surface area contributed by atoms with Gasteiger partial charge in [-0.05, 0) is 43.4 Å². The van der Waals surface area contributed by atoms with Crippen LogP contribution in [-0.2, 0) is 14.8 Å². The Hall–Kier alpha value is -2.30. The van der Waals surface area contributed by atoms with Crippen molar-refractivity contribution in [3.05, 3.63) is 34.9 Å². The van der Waals surface area contributed by atoms with E-state index in [1.165, 1.54) is 27.6 Å². The number of carbonyl (C=O) groups excluding carboxylic acids is 3. The lowest BCUT2D eigenvalue weighted by atomic mass is 9.98. The normalized spacial score (nSPS) is 18.0. The smallest absolute Gasteiger partial charge is 0.261 e. The van der Waals surface area contributed by atoms with Gasteiger partial charge in [0.2, 0.25) is 10.0 Å². The Morgan fingerprint density at radius 2 is 1.83 bits per heavy atom. The summed E-state index contributed by atoms with van der Waals surface area (Å²) in [5.74, 6) is -0.869. The number of imide groups is 1. The van der Waals surface area contributed by atoms with Crippen LogP contribution >= 0.6 is 0 Å². The summed E-state index contributed by atoms with van der Waals surface area (Å²) in [4.78, 5) is 38.7. The van der Waals surface area contributed by atoms with Gasteiger partial charge in [0.05, 0.1) is 17.4 Å². The molecule has 0 aromatic heterocycles. The first-order chi connectivity index (χ1) is 14.2. The van der Waals surface area contributed by atoms with E-state index in [-0.39, 0.29) is 29.8 Å². The van der Waals surface area contributed by atoms with Crippen molar-refractivity contribution in [1.82, 2.24) is 14.5 Å². The highest BCUT2D eigenvalue weighted by atomic mass is 32.2. The minimum atomic E-state index is -3.18. The topological polar surface area (TPSA) is 113 Å². The molecule has 0 radical (unpaired) electrons. The van der Waals surface area contributed by atoms with E-state index in [2.05, 4.69) is 5.32 Å². The van der Waals surface area contributed by atoms with Gasteiger partial charge < -0.3 is 10.1 Å². The van der Waals surface area contributed by atoms with Gasteiger partial charge >= 0.3 is 0 Å². The molecule has 0 spiro atoms. The van der Waals surface area contributed by atoms with Crippen LogP contribution in [0.2, 0.25) is 0 Å². The summed E-state index contributed by atoms with van der Waals surface area (Å²) in [6.07, 6.45) is 3.11. The lowest BCUT2D eigenvalue weighted by molar-refractivity contribution is 0.0638. The zero-order valence-electron chi connectivity index (χ0n) is 17.2. The van der Waals surface area contributed by atoms with E-state index in [9.17, 15) is 22.8 Å². The molecule has 3 amide bonds. The van der Waals surface area contributed by atoms with E-state index in [0.29, 0.717) is 56.6 Å². The number of hydrogen-bond donors (Lipinski definition) is 1. The Morgan fingerprint density at radius 1 is 1.17 bits per heavy atom. The molecule has 2 heterocycles. The number of carbonyl (C=O) groups is 3. The van der Waals surface area contributed by atoms with Crippen LogP contribution < -0.4 is 5.32 Å². The maximum absolute atomic E-state index is 12.6. The van der Waals surface area contributed by atoms with Gasteiger partial charge in [-0.3, -0.25) is 19.3 Å². The standard InChI is InChI=1S/C20H27N3O6S/c1-29-11-3-8-23-19(25)16-5-4-15(12-17(16)20(23)26)18(24)21-13-14-6-9-22(10-7-14)30(2,27)28/h4-5,12,14H,3,6-11,13H2,1-2H3,(H,21,24). The second-order valence-corrected chi connectivity index (χ2v) is 9.67. The molecule has 0 aliphatic carbocycles. The number of nitrogens with one attached hydrogen (secondary N) is 1. The summed E-state index contributed by atoms with van der Waals surface area (Å²) >= 11 is 0. The minimum Gasteiger partial charge on any atom is -0.385 e.